The summed E-state index contributed by atoms with van der Waals surface area (Å²) in [5, 5.41) is 3.61. The van der Waals surface area contributed by atoms with Gasteiger partial charge in [0.1, 0.15) is 17.6 Å². The molecule has 1 N–H and O–H groups in total. The fraction of sp³-hybridized carbons (Fsp3) is 0.333. The molecule has 0 radical (unpaired) electrons. The molecule has 29 heavy (non-hydrogen) atoms. The van der Waals surface area contributed by atoms with Gasteiger partial charge in [-0.2, -0.15) is 0 Å². The number of nitrogens with one attached hydrogen (secondary N) is 1. The molecule has 1 aliphatic rings. The van der Waals surface area contributed by atoms with Gasteiger partial charge in [-0.1, -0.05) is 23.5 Å². The second-order valence-electron chi connectivity index (χ2n) is 6.75. The normalized spacial score (nSPS) is 14.6. The number of rotatable bonds is 5. The maximum absolute atomic E-state index is 12.6. The maximum atomic E-state index is 12.6. The number of hydrogen-bond donors (Lipinski definition) is 1. The number of carbonyl (C=O) groups excluding carboxylic acids is 1. The van der Waals surface area contributed by atoms with Gasteiger partial charge < -0.3 is 24.4 Å². The van der Waals surface area contributed by atoms with Crippen molar-refractivity contribution in [1.29, 1.82) is 0 Å². The van der Waals surface area contributed by atoms with Crippen molar-refractivity contribution >= 4 is 33.3 Å². The molecule has 8 heteroatoms. The number of urea groups is 1. The number of nitrogens with zero attached hydrogens (tertiary/aromatic N) is 2. The first-order valence-electron chi connectivity index (χ1n) is 9.46. The lowest BCUT2D eigenvalue weighted by atomic mass is 10.1. The van der Waals surface area contributed by atoms with Crippen LogP contribution in [0, 0.1) is 0 Å². The van der Waals surface area contributed by atoms with Gasteiger partial charge in [0.05, 0.1) is 30.1 Å². The first-order chi connectivity index (χ1) is 14.2. The van der Waals surface area contributed by atoms with Crippen LogP contribution < -0.4 is 19.5 Å². The van der Waals surface area contributed by atoms with E-state index in [9.17, 15) is 4.79 Å². The van der Waals surface area contributed by atoms with E-state index in [1.54, 1.807) is 48.7 Å². The third-order valence-corrected chi connectivity index (χ3v) is 5.85. The van der Waals surface area contributed by atoms with Gasteiger partial charge in [-0.05, 0) is 24.3 Å². The van der Waals surface area contributed by atoms with Crippen LogP contribution in [0.25, 0.3) is 10.2 Å². The fourth-order valence-corrected chi connectivity index (χ4v) is 4.20. The molecular formula is C21H23N3O4S. The second-order valence-corrected chi connectivity index (χ2v) is 7.74. The Morgan fingerprint density at radius 3 is 2.66 bits per heavy atom. The summed E-state index contributed by atoms with van der Waals surface area (Å²) in [7, 11) is 3.16. The molecule has 4 rings (SSSR count). The third-order valence-electron chi connectivity index (χ3n) is 4.92. The van der Waals surface area contributed by atoms with E-state index in [0.29, 0.717) is 35.5 Å². The summed E-state index contributed by atoms with van der Waals surface area (Å²) in [6.45, 7) is 1.25. The number of methoxy groups -OCH3 is 2. The van der Waals surface area contributed by atoms with E-state index >= 15 is 0 Å². The summed E-state index contributed by atoms with van der Waals surface area (Å²) >= 11 is 1.56. The molecule has 7 nitrogen and oxygen atoms in total. The molecule has 0 saturated carbocycles. The average molecular weight is 413 g/mol. The number of benzene rings is 2. The molecule has 0 unspecified atom stereocenters. The Bertz CT molecular complexity index is 966. The second kappa shape index (κ2) is 8.57. The Kier molecular flexibility index (Phi) is 5.71. The van der Waals surface area contributed by atoms with Crippen molar-refractivity contribution in [3.05, 3.63) is 42.5 Å². The molecule has 2 aromatic carbocycles. The van der Waals surface area contributed by atoms with Gasteiger partial charge >= 0.3 is 6.03 Å². The minimum absolute atomic E-state index is 0.0649. The number of carbonyl (C=O) groups is 1. The van der Waals surface area contributed by atoms with Gasteiger partial charge in [-0.3, -0.25) is 0 Å². The van der Waals surface area contributed by atoms with Crippen LogP contribution in [0.1, 0.15) is 12.8 Å². The Morgan fingerprint density at radius 1 is 1.14 bits per heavy atom. The van der Waals surface area contributed by atoms with Crippen molar-refractivity contribution in [2.24, 2.45) is 0 Å². The minimum Gasteiger partial charge on any atom is -0.497 e. The highest BCUT2D eigenvalue weighted by molar-refractivity contribution is 7.20. The first kappa shape index (κ1) is 19.3. The fourth-order valence-electron chi connectivity index (χ4n) is 3.32. The highest BCUT2D eigenvalue weighted by atomic mass is 32.1. The molecule has 152 valence electrons. The number of hydrogen-bond acceptors (Lipinski definition) is 6. The lowest BCUT2D eigenvalue weighted by Gasteiger charge is -2.31. The van der Waals surface area contributed by atoms with E-state index < -0.39 is 0 Å². The van der Waals surface area contributed by atoms with Gasteiger partial charge in [0.25, 0.3) is 5.19 Å². The Morgan fingerprint density at radius 2 is 1.93 bits per heavy atom. The molecule has 3 aromatic rings. The molecule has 0 aliphatic carbocycles. The summed E-state index contributed by atoms with van der Waals surface area (Å²) in [4.78, 5) is 19.0. The Labute approximate surface area is 173 Å². The van der Waals surface area contributed by atoms with Crippen molar-refractivity contribution in [2.45, 2.75) is 18.9 Å². The van der Waals surface area contributed by atoms with Crippen LogP contribution >= 0.6 is 11.3 Å². The van der Waals surface area contributed by atoms with Gasteiger partial charge in [0, 0.05) is 32.0 Å². The highest BCUT2D eigenvalue weighted by Gasteiger charge is 2.25. The van der Waals surface area contributed by atoms with Gasteiger partial charge in [-0.15, -0.1) is 0 Å². The standard InChI is InChI=1S/C21H23N3O4S/c1-26-15-7-8-16(18(13-15)27-2)22-20(25)24-11-9-14(10-12-24)28-21-23-17-5-3-4-6-19(17)29-21/h3-8,13-14H,9-12H2,1-2H3,(H,22,25). The van der Waals surface area contributed by atoms with E-state index in [-0.39, 0.29) is 12.1 Å². The van der Waals surface area contributed by atoms with E-state index in [1.807, 2.05) is 24.3 Å². The molecule has 0 spiro atoms. The molecular weight excluding hydrogens is 390 g/mol. The number of anilines is 1. The zero-order valence-electron chi connectivity index (χ0n) is 16.4. The number of thiazole rings is 1. The average Bonchev–Trinajstić information content (AvgIpc) is 3.16. The van der Waals surface area contributed by atoms with Crippen LogP contribution in [0.15, 0.2) is 42.5 Å². The number of para-hydroxylation sites is 1. The predicted molar refractivity (Wildman–Crippen MR) is 113 cm³/mol. The molecule has 0 bridgehead atoms. The van der Waals surface area contributed by atoms with Crippen molar-refractivity contribution < 1.29 is 19.0 Å². The van der Waals surface area contributed by atoms with Crippen molar-refractivity contribution in [3.8, 4) is 16.7 Å². The third kappa shape index (κ3) is 4.37. The summed E-state index contributed by atoms with van der Waals surface area (Å²) < 4.78 is 17.7. The molecule has 1 aliphatic heterocycles. The lowest BCUT2D eigenvalue weighted by Crippen LogP contribution is -2.43. The van der Waals surface area contributed by atoms with Crippen molar-refractivity contribution in [3.63, 3.8) is 0 Å². The van der Waals surface area contributed by atoms with E-state index in [4.69, 9.17) is 14.2 Å². The number of fused-ring (bicyclic) bond motifs is 1. The number of likely N-dealkylation sites (tertiary alicyclic amines) is 1. The van der Waals surface area contributed by atoms with Crippen LogP contribution in [0.4, 0.5) is 10.5 Å². The summed E-state index contributed by atoms with van der Waals surface area (Å²) in [5.41, 5.74) is 1.57. The minimum atomic E-state index is -0.146. The highest BCUT2D eigenvalue weighted by Crippen LogP contribution is 2.31. The van der Waals surface area contributed by atoms with Crippen LogP contribution in [-0.2, 0) is 0 Å². The summed E-state index contributed by atoms with van der Waals surface area (Å²) in [6.07, 6.45) is 1.60. The molecule has 1 saturated heterocycles. The summed E-state index contributed by atoms with van der Waals surface area (Å²) in [5.74, 6) is 1.24. The molecule has 1 aromatic heterocycles. The Hall–Kier alpha value is -3.00. The molecule has 0 atom stereocenters. The number of ether oxygens (including phenoxy) is 3. The smallest absolute Gasteiger partial charge is 0.321 e. The van der Waals surface area contributed by atoms with E-state index in [0.717, 1.165) is 23.1 Å². The lowest BCUT2D eigenvalue weighted by molar-refractivity contribution is 0.115. The van der Waals surface area contributed by atoms with Crippen molar-refractivity contribution in [1.82, 2.24) is 9.88 Å². The van der Waals surface area contributed by atoms with Crippen LogP contribution in [0.3, 0.4) is 0 Å². The first-order valence-corrected chi connectivity index (χ1v) is 10.3. The maximum Gasteiger partial charge on any atom is 0.321 e. The van der Waals surface area contributed by atoms with E-state index in [1.165, 1.54) is 0 Å². The summed E-state index contributed by atoms with van der Waals surface area (Å²) in [6, 6.07) is 13.2. The zero-order valence-corrected chi connectivity index (χ0v) is 17.2. The van der Waals surface area contributed by atoms with Crippen LogP contribution in [-0.4, -0.2) is 49.3 Å². The van der Waals surface area contributed by atoms with Crippen LogP contribution in [0.5, 0.6) is 16.7 Å². The van der Waals surface area contributed by atoms with Gasteiger partial charge in [0.15, 0.2) is 0 Å². The van der Waals surface area contributed by atoms with Crippen molar-refractivity contribution in [2.75, 3.05) is 32.6 Å². The van der Waals surface area contributed by atoms with Gasteiger partial charge in [-0.25, -0.2) is 9.78 Å². The van der Waals surface area contributed by atoms with Crippen LogP contribution in [0.2, 0.25) is 0 Å². The number of piperidine rings is 1. The monoisotopic (exact) mass is 413 g/mol. The molecule has 2 amide bonds. The quantitative estimate of drug-likeness (QED) is 0.672. The predicted octanol–water partition coefficient (Wildman–Crippen LogP) is 4.39. The zero-order chi connectivity index (χ0) is 20.2. The molecule has 2 heterocycles. The van der Waals surface area contributed by atoms with E-state index in [2.05, 4.69) is 10.3 Å². The topological polar surface area (TPSA) is 72.9 Å². The molecule has 1 fully saturated rings. The Balaban J connectivity index is 1.32. The number of amides is 2. The number of aromatic nitrogens is 1. The largest absolute Gasteiger partial charge is 0.497 e. The SMILES string of the molecule is COc1ccc(NC(=O)N2CCC(Oc3nc4ccccc4s3)CC2)c(OC)c1. The van der Waals surface area contributed by atoms with Gasteiger partial charge in [0.2, 0.25) is 0 Å².